The molecule has 1 fully saturated rings. The number of nitrogens with two attached hydrogens (primary N) is 1. The number of anilines is 1. The maximum Gasteiger partial charge on any atom is 0.497 e. The third-order valence-electron chi connectivity index (χ3n) is 3.86. The van der Waals surface area contributed by atoms with E-state index in [0.717, 1.165) is 0 Å². The summed E-state index contributed by atoms with van der Waals surface area (Å²) in [6.45, 7) is 9.31. The smallest absolute Gasteiger partial charge is 0.399 e. The second-order valence-electron chi connectivity index (χ2n) is 5.84. The van der Waals surface area contributed by atoms with Crippen molar-refractivity contribution in [1.29, 1.82) is 0 Å². The van der Waals surface area contributed by atoms with Gasteiger partial charge in [0.15, 0.2) is 5.78 Å². The third kappa shape index (κ3) is 2.26. The quantitative estimate of drug-likeness (QED) is 0.639. The Morgan fingerprint density at radius 1 is 1.21 bits per heavy atom. The number of nitrogen functional groups attached to an aromatic ring is 1. The lowest BCUT2D eigenvalue weighted by atomic mass is 9.76. The summed E-state index contributed by atoms with van der Waals surface area (Å²) < 4.78 is 11.9. The summed E-state index contributed by atoms with van der Waals surface area (Å²) in [5.74, 6) is -0.121. The second kappa shape index (κ2) is 4.32. The van der Waals surface area contributed by atoms with Gasteiger partial charge in [-0.05, 0) is 34.6 Å². The fraction of sp³-hybridized carbons (Fsp3) is 0.538. The summed E-state index contributed by atoms with van der Waals surface area (Å²) in [5.41, 5.74) is 6.27. The Morgan fingerprint density at radius 3 is 2.21 bits per heavy atom. The van der Waals surface area contributed by atoms with Crippen molar-refractivity contribution in [2.75, 3.05) is 5.73 Å². The standard InChI is InChI=1S/C13H19BN2O3/c1-8(17)11-9(6-16-7-10(11)15)14-18-12(2,3)13(4,5)19-14/h6-7H,15H2,1-5H3. The molecule has 1 aliphatic rings. The molecule has 2 N–H and O–H groups in total. The molecule has 0 spiro atoms. The fourth-order valence-corrected chi connectivity index (χ4v) is 2.05. The van der Waals surface area contributed by atoms with Crippen LogP contribution in [0.25, 0.3) is 0 Å². The number of hydrogen-bond acceptors (Lipinski definition) is 5. The molecule has 0 aliphatic carbocycles. The van der Waals surface area contributed by atoms with Gasteiger partial charge in [0.2, 0.25) is 0 Å². The zero-order valence-corrected chi connectivity index (χ0v) is 12.0. The van der Waals surface area contributed by atoms with E-state index in [1.54, 1.807) is 6.20 Å². The Morgan fingerprint density at radius 2 is 1.74 bits per heavy atom. The SMILES string of the molecule is CC(=O)c1c(N)cncc1B1OC(C)(C)C(C)(C)O1. The minimum atomic E-state index is -0.625. The summed E-state index contributed by atoms with van der Waals surface area (Å²) in [5, 5.41) is 0. The van der Waals surface area contributed by atoms with Crippen molar-refractivity contribution in [3.8, 4) is 0 Å². The molecule has 19 heavy (non-hydrogen) atoms. The van der Waals surface area contributed by atoms with E-state index in [1.807, 2.05) is 27.7 Å². The van der Waals surface area contributed by atoms with Gasteiger partial charge in [-0.15, -0.1) is 0 Å². The molecule has 0 saturated carbocycles. The molecule has 0 atom stereocenters. The van der Waals surface area contributed by atoms with Crippen molar-refractivity contribution in [2.45, 2.75) is 45.8 Å². The lowest BCUT2D eigenvalue weighted by molar-refractivity contribution is 0.00578. The van der Waals surface area contributed by atoms with E-state index in [2.05, 4.69) is 4.98 Å². The molecule has 1 aromatic heterocycles. The number of carbonyl (C=O) groups excluding carboxylic acids is 1. The topological polar surface area (TPSA) is 74.4 Å². The molecule has 2 rings (SSSR count). The molecule has 0 unspecified atom stereocenters. The van der Waals surface area contributed by atoms with E-state index in [1.165, 1.54) is 13.1 Å². The average Bonchev–Trinajstić information content (AvgIpc) is 2.47. The summed E-state index contributed by atoms with van der Waals surface area (Å²) in [7, 11) is -0.625. The van der Waals surface area contributed by atoms with Crippen molar-refractivity contribution >= 4 is 24.1 Å². The number of rotatable bonds is 2. The summed E-state index contributed by atoms with van der Waals surface area (Å²) in [4.78, 5) is 15.8. The van der Waals surface area contributed by atoms with Gasteiger partial charge in [-0.3, -0.25) is 9.78 Å². The summed E-state index contributed by atoms with van der Waals surface area (Å²) >= 11 is 0. The molecule has 102 valence electrons. The van der Waals surface area contributed by atoms with Gasteiger partial charge < -0.3 is 15.0 Å². The van der Waals surface area contributed by atoms with Gasteiger partial charge >= 0.3 is 7.12 Å². The first-order valence-electron chi connectivity index (χ1n) is 6.25. The van der Waals surface area contributed by atoms with Crippen molar-refractivity contribution in [3.63, 3.8) is 0 Å². The van der Waals surface area contributed by atoms with E-state index in [9.17, 15) is 4.79 Å². The van der Waals surface area contributed by atoms with E-state index >= 15 is 0 Å². The van der Waals surface area contributed by atoms with Crippen LogP contribution in [0.2, 0.25) is 0 Å². The van der Waals surface area contributed by atoms with E-state index in [4.69, 9.17) is 15.0 Å². The van der Waals surface area contributed by atoms with Crippen molar-refractivity contribution in [3.05, 3.63) is 18.0 Å². The van der Waals surface area contributed by atoms with Gasteiger partial charge in [0.05, 0.1) is 23.1 Å². The predicted octanol–water partition coefficient (Wildman–Crippen LogP) is 1.17. The van der Waals surface area contributed by atoms with E-state index in [0.29, 0.717) is 16.7 Å². The van der Waals surface area contributed by atoms with Gasteiger partial charge in [-0.25, -0.2) is 0 Å². The van der Waals surface area contributed by atoms with Crippen LogP contribution in [0.3, 0.4) is 0 Å². The number of pyridine rings is 1. The van der Waals surface area contributed by atoms with Gasteiger partial charge in [-0.2, -0.15) is 0 Å². The number of carbonyl (C=O) groups is 1. The van der Waals surface area contributed by atoms with Gasteiger partial charge in [0.25, 0.3) is 0 Å². The van der Waals surface area contributed by atoms with Gasteiger partial charge in [-0.1, -0.05) is 0 Å². The molecule has 0 radical (unpaired) electrons. The largest absolute Gasteiger partial charge is 0.497 e. The van der Waals surface area contributed by atoms with Gasteiger partial charge in [0.1, 0.15) is 0 Å². The highest BCUT2D eigenvalue weighted by atomic mass is 16.7. The Labute approximate surface area is 113 Å². The molecule has 1 aromatic rings. The monoisotopic (exact) mass is 262 g/mol. The summed E-state index contributed by atoms with van der Waals surface area (Å²) in [6.07, 6.45) is 3.04. The lowest BCUT2D eigenvalue weighted by Crippen LogP contribution is -2.41. The highest BCUT2D eigenvalue weighted by Gasteiger charge is 2.52. The van der Waals surface area contributed by atoms with Crippen molar-refractivity contribution in [2.24, 2.45) is 0 Å². The first kappa shape index (κ1) is 14.0. The summed E-state index contributed by atoms with van der Waals surface area (Å²) in [6, 6.07) is 0. The molecule has 1 saturated heterocycles. The molecular weight excluding hydrogens is 243 g/mol. The molecule has 0 aromatic carbocycles. The van der Waals surface area contributed by atoms with Crippen LogP contribution in [0, 0.1) is 0 Å². The van der Waals surface area contributed by atoms with Crippen molar-refractivity contribution < 1.29 is 14.1 Å². The zero-order chi connectivity index (χ0) is 14.4. The minimum Gasteiger partial charge on any atom is -0.399 e. The normalized spacial score (nSPS) is 20.6. The highest BCUT2D eigenvalue weighted by molar-refractivity contribution is 6.64. The van der Waals surface area contributed by atoms with Crippen LogP contribution in [0.5, 0.6) is 0 Å². The van der Waals surface area contributed by atoms with Crippen molar-refractivity contribution in [1.82, 2.24) is 4.98 Å². The maximum atomic E-state index is 11.7. The van der Waals surface area contributed by atoms with Crippen LogP contribution in [-0.2, 0) is 9.31 Å². The number of Topliss-reactive ketones (excluding diaryl/α,β-unsaturated/α-hetero) is 1. The Bertz CT molecular complexity index is 513. The maximum absolute atomic E-state index is 11.7. The molecule has 0 amide bonds. The van der Waals surface area contributed by atoms with E-state index < -0.39 is 18.3 Å². The zero-order valence-electron chi connectivity index (χ0n) is 12.0. The third-order valence-corrected chi connectivity index (χ3v) is 3.86. The number of hydrogen-bond donors (Lipinski definition) is 1. The van der Waals surface area contributed by atoms with Crippen LogP contribution in [-0.4, -0.2) is 29.1 Å². The van der Waals surface area contributed by atoms with Crippen LogP contribution in [0.1, 0.15) is 45.0 Å². The minimum absolute atomic E-state index is 0.121. The Hall–Kier alpha value is -1.40. The Kier molecular flexibility index (Phi) is 3.19. The number of aromatic nitrogens is 1. The first-order chi connectivity index (χ1) is 8.66. The molecule has 6 heteroatoms. The second-order valence-corrected chi connectivity index (χ2v) is 5.84. The average molecular weight is 262 g/mol. The molecule has 0 bridgehead atoms. The van der Waals surface area contributed by atoms with Gasteiger partial charge in [0, 0.05) is 17.2 Å². The number of ketones is 1. The predicted molar refractivity (Wildman–Crippen MR) is 74.4 cm³/mol. The molecule has 1 aliphatic heterocycles. The van der Waals surface area contributed by atoms with E-state index in [-0.39, 0.29) is 5.78 Å². The highest BCUT2D eigenvalue weighted by Crippen LogP contribution is 2.36. The molecule has 5 nitrogen and oxygen atoms in total. The Balaban J connectivity index is 2.46. The molecular formula is C13H19BN2O3. The van der Waals surface area contributed by atoms with Crippen LogP contribution < -0.4 is 11.2 Å². The van der Waals surface area contributed by atoms with Crippen LogP contribution >= 0.6 is 0 Å². The van der Waals surface area contributed by atoms with Crippen LogP contribution in [0.4, 0.5) is 5.69 Å². The first-order valence-corrected chi connectivity index (χ1v) is 6.25. The lowest BCUT2D eigenvalue weighted by Gasteiger charge is -2.32. The molecule has 2 heterocycles. The fourth-order valence-electron chi connectivity index (χ4n) is 2.05. The number of nitrogens with zero attached hydrogens (tertiary/aromatic N) is 1. The van der Waals surface area contributed by atoms with Crippen LogP contribution in [0.15, 0.2) is 12.4 Å².